The Hall–Kier alpha value is -10.1. The number of carbonyl (C=O) groups is 5. The van der Waals surface area contributed by atoms with E-state index in [0.29, 0.717) is 81.5 Å². The van der Waals surface area contributed by atoms with Gasteiger partial charge < -0.3 is 35.0 Å². The number of nitrogens with one attached hydrogen (secondary N) is 3. The average Bonchev–Trinajstić information content (AvgIpc) is 1.60. The first-order valence-electron chi connectivity index (χ1n) is 48.4. The molecule has 0 aliphatic carbocycles. The zero-order valence-corrected chi connectivity index (χ0v) is 85.3. The van der Waals surface area contributed by atoms with E-state index in [9.17, 15) is 55.5 Å². The van der Waals surface area contributed by atoms with Crippen LogP contribution in [0, 0.1) is 73.6 Å². The summed E-state index contributed by atoms with van der Waals surface area (Å²) in [4.78, 5) is 97.4. The summed E-state index contributed by atoms with van der Waals surface area (Å²) in [6, 6.07) is 35.3. The van der Waals surface area contributed by atoms with Crippen molar-refractivity contribution in [1.29, 1.82) is 0 Å². The fourth-order valence-corrected chi connectivity index (χ4v) is 19.1. The Morgan fingerprint density at radius 2 is 1.05 bits per heavy atom. The van der Waals surface area contributed by atoms with Crippen LogP contribution in [-0.2, 0) is 51.8 Å². The number of piperidine rings is 1. The Morgan fingerprint density at radius 3 is 1.58 bits per heavy atom. The van der Waals surface area contributed by atoms with E-state index in [1.807, 2.05) is 79.7 Å². The number of ether oxygens (including phenoxy) is 2. The topological polar surface area (TPSA) is 318 Å². The minimum Gasteiger partial charge on any atom is -0.507 e. The number of aromatic amines is 1. The second-order valence-corrected chi connectivity index (χ2v) is 41.6. The smallest absolute Gasteiger partial charge is 0.353 e. The minimum absolute atomic E-state index is 0.0370. The number of anilines is 3. The van der Waals surface area contributed by atoms with Crippen LogP contribution >= 0.6 is 11.6 Å². The third-order valence-electron chi connectivity index (χ3n) is 23.8. The number of nitrogens with zero attached hydrogens (tertiary/aromatic N) is 8. The van der Waals surface area contributed by atoms with Crippen molar-refractivity contribution in [1.82, 2.24) is 38.6 Å². The van der Waals surface area contributed by atoms with Gasteiger partial charge in [0.1, 0.15) is 32.1 Å². The number of Topliss-reactive ketones (excluding diaryl/α,β-unsaturated/α-hetero) is 1. The number of esters is 1. The van der Waals surface area contributed by atoms with Crippen LogP contribution in [0.2, 0.25) is 5.02 Å². The lowest BCUT2D eigenvalue weighted by molar-refractivity contribution is -0.136. The maximum absolute atomic E-state index is 14.1. The van der Waals surface area contributed by atoms with Crippen molar-refractivity contribution in [2.75, 3.05) is 71.3 Å². The lowest BCUT2D eigenvalue weighted by Crippen LogP contribution is -2.46. The number of para-hydroxylation sites is 1. The van der Waals surface area contributed by atoms with Crippen LogP contribution in [0.5, 0.6) is 17.2 Å². The molecule has 0 spiro atoms. The van der Waals surface area contributed by atoms with Crippen LogP contribution in [0.4, 0.5) is 17.1 Å². The number of aryl methyl sites for hydroxylation is 10. The van der Waals surface area contributed by atoms with Crippen molar-refractivity contribution in [2.45, 2.75) is 311 Å². The molecule has 28 heteroatoms. The lowest BCUT2D eigenvalue weighted by Gasteiger charge is -2.28. The number of unbranched alkanes of at least 4 members (excludes halogenated alkanes) is 19. The molecular formula is C105H154ClN11O14S2. The van der Waals surface area contributed by atoms with Gasteiger partial charge in [0, 0.05) is 67.5 Å². The lowest BCUT2D eigenvalue weighted by atomic mass is 9.86. The van der Waals surface area contributed by atoms with Gasteiger partial charge in [0.15, 0.2) is 39.7 Å². The van der Waals surface area contributed by atoms with Gasteiger partial charge in [0.25, 0.3) is 11.8 Å². The number of amides is 3. The fraction of sp³-hybridized carbons (Fsp3) is 0.552. The van der Waals surface area contributed by atoms with Crippen LogP contribution in [-0.4, -0.2) is 146 Å². The number of likely N-dealkylation sites (N-methyl/N-ethyl adjacent to an activating group) is 1. The highest BCUT2D eigenvalue weighted by atomic mass is 35.5. The molecule has 6 aromatic carbocycles. The molecular weight excluding hydrogens is 1740 g/mol. The molecule has 10 rings (SSSR count). The number of halogens is 1. The molecule has 1 aliphatic rings. The first-order valence-corrected chi connectivity index (χ1v) is 52.5. The predicted molar refractivity (Wildman–Crippen MR) is 542 cm³/mol. The molecule has 3 amide bonds. The SMILES string of the molecule is CCCCCCCCCCCCS(=O)(=O)CC(C)C(=O)Nc1ccc(C)c(NC(=O)C(C(=O)C(C)(C)C)n2c(=O)n(CCCC)n(-c3ccccc3)c2=O)c1.CCCCCCCCCCCCS(=O)(=O)CCCc1nnc2c(Cl)c(C)[nH]n12.CCN(CC)C(=O)COc1ccc(C)cc1C.Cc1ccc(N2CCCCC2)cc1.Cc1ccc(OC(=O)c2cc(C)c(O)c(C)c2)c(C)c1. The quantitative estimate of drug-likeness (QED) is 0.0119. The van der Waals surface area contributed by atoms with E-state index in [1.165, 1.54) is 148 Å². The zero-order valence-electron chi connectivity index (χ0n) is 82.9. The number of carbonyl (C=O) groups excluding carboxylic acids is 5. The Balaban J connectivity index is 0.000000287. The average molecular weight is 1890 g/mol. The molecule has 0 radical (unpaired) electrons. The molecule has 0 bridgehead atoms. The summed E-state index contributed by atoms with van der Waals surface area (Å²) in [5.74, 6) is -0.666. The number of aromatic hydroxyl groups is 1. The van der Waals surface area contributed by atoms with Crippen molar-refractivity contribution in [3.05, 3.63) is 209 Å². The molecule has 1 saturated heterocycles. The summed E-state index contributed by atoms with van der Waals surface area (Å²) >= 11 is 6.14. The van der Waals surface area contributed by atoms with Gasteiger partial charge in [-0.2, -0.15) is 4.68 Å². The van der Waals surface area contributed by atoms with Gasteiger partial charge in [0.05, 0.1) is 40.0 Å². The van der Waals surface area contributed by atoms with E-state index < -0.39 is 72.0 Å². The highest BCUT2D eigenvalue weighted by Crippen LogP contribution is 2.31. The number of rotatable bonds is 46. The number of sulfone groups is 2. The van der Waals surface area contributed by atoms with E-state index in [4.69, 9.17) is 21.1 Å². The Morgan fingerprint density at radius 1 is 0.541 bits per heavy atom. The van der Waals surface area contributed by atoms with E-state index in [-0.39, 0.29) is 47.8 Å². The normalized spacial score (nSPS) is 12.5. The van der Waals surface area contributed by atoms with Crippen LogP contribution in [0.3, 0.4) is 0 Å². The summed E-state index contributed by atoms with van der Waals surface area (Å²) < 4.78 is 66.1. The first kappa shape index (κ1) is 112. The predicted octanol–water partition coefficient (Wildman–Crippen LogP) is 22.3. The van der Waals surface area contributed by atoms with Gasteiger partial charge >= 0.3 is 17.3 Å². The van der Waals surface area contributed by atoms with Crippen LogP contribution in [0.1, 0.15) is 302 Å². The molecule has 1 fully saturated rings. The van der Waals surface area contributed by atoms with Crippen LogP contribution < -0.4 is 36.4 Å². The number of hydrogen-bond acceptors (Lipinski definition) is 17. The summed E-state index contributed by atoms with van der Waals surface area (Å²) in [6.45, 7) is 38.2. The molecule has 0 saturated carbocycles. The molecule has 25 nitrogen and oxygen atoms in total. The van der Waals surface area contributed by atoms with E-state index in [1.54, 1.807) is 119 Å². The number of benzene rings is 6. The van der Waals surface area contributed by atoms with Crippen LogP contribution in [0.15, 0.2) is 131 Å². The first-order chi connectivity index (χ1) is 63.3. The van der Waals surface area contributed by atoms with Gasteiger partial charge in [-0.1, -0.05) is 259 Å². The van der Waals surface area contributed by atoms with Gasteiger partial charge in [-0.25, -0.2) is 45.0 Å². The Bertz CT molecular complexity index is 5480. The number of ketones is 1. The number of phenols is 1. The van der Waals surface area contributed by atoms with Crippen molar-refractivity contribution in [3.8, 4) is 22.9 Å². The molecule has 1 aliphatic heterocycles. The highest BCUT2D eigenvalue weighted by Gasteiger charge is 2.40. The molecule has 2 atom stereocenters. The van der Waals surface area contributed by atoms with E-state index in [0.717, 1.165) is 96.6 Å². The summed E-state index contributed by atoms with van der Waals surface area (Å²) in [5, 5.41) is 27.1. The minimum atomic E-state index is -3.45. The summed E-state index contributed by atoms with van der Waals surface area (Å²) in [5.41, 5.74) is 9.11. The number of H-pyrrole nitrogens is 1. The van der Waals surface area contributed by atoms with Gasteiger partial charge in [-0.05, 0) is 210 Å². The number of hydrogen-bond donors (Lipinski definition) is 4. The second-order valence-electron chi connectivity index (χ2n) is 36.7. The largest absolute Gasteiger partial charge is 0.507 e. The van der Waals surface area contributed by atoms with Crippen molar-refractivity contribution in [2.24, 2.45) is 11.3 Å². The summed E-state index contributed by atoms with van der Waals surface area (Å²) in [6.07, 6.45) is 29.6. The Kier molecular flexibility index (Phi) is 47.8. The zero-order chi connectivity index (χ0) is 98.0. The summed E-state index contributed by atoms with van der Waals surface area (Å²) in [7, 11) is -6.44. The molecule has 9 aromatic rings. The number of fused-ring (bicyclic) bond motifs is 1. The van der Waals surface area contributed by atoms with Gasteiger partial charge in [-0.15, -0.1) is 10.2 Å². The Labute approximate surface area is 797 Å². The van der Waals surface area contributed by atoms with Crippen molar-refractivity contribution < 1.29 is 55.4 Å². The standard InChI is InChI=1S/C42H63N5O7S.C20H35ClN4O2S.C17H18O3.C14H21NO2.C12H17N/c1-8-10-12-13-14-15-16-17-18-22-28-55(53,54)30-32(4)38(49)43-33-26-25-31(3)35(29-33)44-39(50)36(37(48)42(5,6)7)46-40(51)45(27-11-9-2)47(41(46)52)34-23-20-19-21-24-34;1-3-4-5-6-7-8-9-10-11-12-15-28(26,27)16-13-14-18-22-23-20-19(21)17(2)24-25(18)20;1-10-5-6-15(11(2)7-10)20-17(19)14-8-12(3)16(18)13(4)9-14;1-5-15(6-2)14(16)10-17-13-8-7-11(3)9-12(13)4;1-11-5-7-12(8-6-11)13-9-3-2-4-10-13/h19-21,23-26,29,32,36H,8-18,22,27-28,30H2,1-7H3,(H,43,49)(H,44,50);24H,3-16H2,1-2H3;5-9,18H,1-4H3;7-9H,5-6,10H2,1-4H3;5-8H,2-4,9-10H2,1H3. The number of aromatic nitrogens is 7. The maximum Gasteiger partial charge on any atom is 0.353 e. The molecule has 4 heterocycles. The third-order valence-corrected chi connectivity index (χ3v) is 28.0. The third kappa shape index (κ3) is 37.2. The molecule has 4 N–H and O–H groups in total. The van der Waals surface area contributed by atoms with Gasteiger partial charge in [-0.3, -0.25) is 24.3 Å². The van der Waals surface area contributed by atoms with E-state index in [2.05, 4.69) is 81.9 Å². The highest BCUT2D eigenvalue weighted by molar-refractivity contribution is 7.91. The maximum atomic E-state index is 14.1. The monoisotopic (exact) mass is 1890 g/mol. The van der Waals surface area contributed by atoms with Gasteiger partial charge in [0.2, 0.25) is 5.91 Å². The molecule has 2 unspecified atom stereocenters. The van der Waals surface area contributed by atoms with Crippen LogP contribution in [0.25, 0.3) is 11.3 Å². The number of phenolic OH excluding ortho intramolecular Hbond substituents is 1. The molecule has 732 valence electrons. The molecule has 3 aromatic heterocycles. The van der Waals surface area contributed by atoms with Crippen molar-refractivity contribution >= 4 is 83.5 Å². The second kappa shape index (κ2) is 56.9. The van der Waals surface area contributed by atoms with E-state index >= 15 is 0 Å². The fourth-order valence-electron chi connectivity index (χ4n) is 15.8. The molecule has 133 heavy (non-hydrogen) atoms. The van der Waals surface area contributed by atoms with Crippen molar-refractivity contribution in [3.63, 3.8) is 0 Å².